The van der Waals surface area contributed by atoms with E-state index in [4.69, 9.17) is 0 Å². The standard InChI is InChI=1S/C22H20N6O3S2/c29-18-7-2-10-27(18)15-5-1-4-14(12-15)24-21(31)20(30)23-9-8-16-13-33-22-25-19(26-28(16)22)17-6-3-11-32-17/h1,3-6,11-13H,2,7-10H2,(H,23,30)(H,24,31). The van der Waals surface area contributed by atoms with Crippen molar-refractivity contribution in [2.45, 2.75) is 19.3 Å². The summed E-state index contributed by atoms with van der Waals surface area (Å²) in [6, 6.07) is 10.9. The maximum Gasteiger partial charge on any atom is 0.313 e. The molecule has 0 radical (unpaired) electrons. The molecule has 2 N–H and O–H groups in total. The first-order chi connectivity index (χ1) is 16.1. The molecule has 5 rings (SSSR count). The van der Waals surface area contributed by atoms with Gasteiger partial charge in [0, 0.05) is 42.7 Å². The summed E-state index contributed by atoms with van der Waals surface area (Å²) in [5.41, 5.74) is 2.09. The number of fused-ring (bicyclic) bond motifs is 1. The topological polar surface area (TPSA) is 109 Å². The minimum absolute atomic E-state index is 0.0636. The number of nitrogens with one attached hydrogen (secondary N) is 2. The molecule has 1 fully saturated rings. The van der Waals surface area contributed by atoms with Crippen molar-refractivity contribution in [2.24, 2.45) is 0 Å². The summed E-state index contributed by atoms with van der Waals surface area (Å²) < 4.78 is 1.77. The number of thiazole rings is 1. The van der Waals surface area contributed by atoms with Crippen LogP contribution in [0, 0.1) is 0 Å². The van der Waals surface area contributed by atoms with Crippen LogP contribution in [0.2, 0.25) is 0 Å². The SMILES string of the molecule is O=C(NCCc1csc2nc(-c3cccs3)nn12)C(=O)Nc1cccc(N2CCCC2=O)c1. The number of carbonyl (C=O) groups is 3. The van der Waals surface area contributed by atoms with E-state index in [-0.39, 0.29) is 12.5 Å². The second-order valence-corrected chi connectivity index (χ2v) is 9.28. The van der Waals surface area contributed by atoms with Crippen LogP contribution in [0.1, 0.15) is 18.5 Å². The number of hydrogen-bond acceptors (Lipinski definition) is 7. The van der Waals surface area contributed by atoms with Crippen molar-refractivity contribution in [3.8, 4) is 10.7 Å². The summed E-state index contributed by atoms with van der Waals surface area (Å²) in [6.45, 7) is 0.946. The molecular weight excluding hydrogens is 460 g/mol. The fraction of sp³-hybridized carbons (Fsp3) is 0.227. The Bertz CT molecular complexity index is 1330. The third-order valence-electron chi connectivity index (χ3n) is 5.25. The van der Waals surface area contributed by atoms with Crippen molar-refractivity contribution in [3.63, 3.8) is 0 Å². The molecule has 9 nitrogen and oxygen atoms in total. The van der Waals surface area contributed by atoms with Crippen LogP contribution in [0.15, 0.2) is 47.2 Å². The molecule has 1 aromatic carbocycles. The first-order valence-corrected chi connectivity index (χ1v) is 12.2. The van der Waals surface area contributed by atoms with E-state index in [1.54, 1.807) is 39.0 Å². The van der Waals surface area contributed by atoms with E-state index in [2.05, 4.69) is 20.7 Å². The summed E-state index contributed by atoms with van der Waals surface area (Å²) in [5.74, 6) is -0.730. The molecule has 0 atom stereocenters. The highest BCUT2D eigenvalue weighted by Crippen LogP contribution is 2.25. The maximum atomic E-state index is 12.3. The highest BCUT2D eigenvalue weighted by atomic mass is 32.1. The summed E-state index contributed by atoms with van der Waals surface area (Å²) in [5, 5.41) is 13.7. The van der Waals surface area contributed by atoms with Crippen molar-refractivity contribution in [2.75, 3.05) is 23.3 Å². The Balaban J connectivity index is 1.16. The molecule has 1 saturated heterocycles. The second kappa shape index (κ2) is 9.12. The van der Waals surface area contributed by atoms with Gasteiger partial charge in [0.2, 0.25) is 10.9 Å². The quantitative estimate of drug-likeness (QED) is 0.413. The van der Waals surface area contributed by atoms with Gasteiger partial charge in [0.1, 0.15) is 0 Å². The predicted molar refractivity (Wildman–Crippen MR) is 128 cm³/mol. The molecule has 0 aliphatic carbocycles. The average molecular weight is 481 g/mol. The van der Waals surface area contributed by atoms with Crippen LogP contribution in [-0.4, -0.2) is 45.4 Å². The van der Waals surface area contributed by atoms with Gasteiger partial charge in [0.05, 0.1) is 10.6 Å². The Labute approximate surface area is 197 Å². The number of aromatic nitrogens is 3. The smallest absolute Gasteiger partial charge is 0.313 e. The number of hydrogen-bond donors (Lipinski definition) is 2. The van der Waals surface area contributed by atoms with Crippen molar-refractivity contribution in [1.29, 1.82) is 0 Å². The van der Waals surface area contributed by atoms with Crippen LogP contribution in [0.3, 0.4) is 0 Å². The number of thiophene rings is 1. The number of benzene rings is 1. The van der Waals surface area contributed by atoms with E-state index in [1.165, 1.54) is 11.3 Å². The van der Waals surface area contributed by atoms with Gasteiger partial charge in [-0.3, -0.25) is 14.4 Å². The molecule has 0 saturated carbocycles. The monoisotopic (exact) mass is 480 g/mol. The highest BCUT2D eigenvalue weighted by Gasteiger charge is 2.22. The maximum absolute atomic E-state index is 12.3. The lowest BCUT2D eigenvalue weighted by Crippen LogP contribution is -2.36. The molecule has 11 heteroatoms. The molecule has 1 aliphatic heterocycles. The number of anilines is 2. The Morgan fingerprint density at radius 2 is 2.03 bits per heavy atom. The molecule has 4 heterocycles. The molecule has 168 valence electrons. The first-order valence-electron chi connectivity index (χ1n) is 10.4. The van der Waals surface area contributed by atoms with Crippen LogP contribution < -0.4 is 15.5 Å². The van der Waals surface area contributed by atoms with Gasteiger partial charge in [-0.25, -0.2) is 4.52 Å². The second-order valence-electron chi connectivity index (χ2n) is 7.49. The van der Waals surface area contributed by atoms with Crippen molar-refractivity contribution < 1.29 is 14.4 Å². The van der Waals surface area contributed by atoms with Crippen molar-refractivity contribution >= 4 is 56.7 Å². The Kier molecular flexibility index (Phi) is 5.88. The fourth-order valence-electron chi connectivity index (χ4n) is 3.65. The molecule has 33 heavy (non-hydrogen) atoms. The normalized spacial score (nSPS) is 13.6. The van der Waals surface area contributed by atoms with Crippen LogP contribution in [0.25, 0.3) is 15.7 Å². The van der Waals surface area contributed by atoms with E-state index in [1.807, 2.05) is 29.0 Å². The van der Waals surface area contributed by atoms with E-state index in [0.717, 1.165) is 22.0 Å². The van der Waals surface area contributed by atoms with Gasteiger partial charge < -0.3 is 15.5 Å². The molecule has 0 unspecified atom stereocenters. The molecule has 0 spiro atoms. The third-order valence-corrected chi connectivity index (χ3v) is 6.98. The van der Waals surface area contributed by atoms with E-state index in [9.17, 15) is 14.4 Å². The molecule has 3 amide bonds. The van der Waals surface area contributed by atoms with Crippen LogP contribution >= 0.6 is 22.7 Å². The molecular formula is C22H20N6O3S2. The molecule has 4 aromatic rings. The summed E-state index contributed by atoms with van der Waals surface area (Å²) in [6.07, 6.45) is 1.86. The minimum atomic E-state index is -0.754. The Hall–Kier alpha value is -3.57. The van der Waals surface area contributed by atoms with E-state index >= 15 is 0 Å². The van der Waals surface area contributed by atoms with Gasteiger partial charge in [-0.15, -0.1) is 27.8 Å². The highest BCUT2D eigenvalue weighted by molar-refractivity contribution is 7.15. The van der Waals surface area contributed by atoms with Crippen LogP contribution in [0.4, 0.5) is 11.4 Å². The zero-order chi connectivity index (χ0) is 22.8. The first kappa shape index (κ1) is 21.3. The number of rotatable bonds is 6. The van der Waals surface area contributed by atoms with E-state index in [0.29, 0.717) is 36.6 Å². The lowest BCUT2D eigenvalue weighted by Gasteiger charge is -2.16. The van der Waals surface area contributed by atoms with Gasteiger partial charge >= 0.3 is 11.8 Å². The lowest BCUT2D eigenvalue weighted by molar-refractivity contribution is -0.136. The van der Waals surface area contributed by atoms with Gasteiger partial charge in [0.25, 0.3) is 0 Å². The van der Waals surface area contributed by atoms with Gasteiger partial charge in [-0.2, -0.15) is 4.98 Å². The number of nitrogens with zero attached hydrogens (tertiary/aromatic N) is 4. The number of carbonyl (C=O) groups excluding carboxylic acids is 3. The van der Waals surface area contributed by atoms with Gasteiger partial charge in [-0.1, -0.05) is 12.1 Å². The predicted octanol–water partition coefficient (Wildman–Crippen LogP) is 2.94. The summed E-state index contributed by atoms with van der Waals surface area (Å²) in [7, 11) is 0. The molecule has 0 bridgehead atoms. The molecule has 1 aliphatic rings. The van der Waals surface area contributed by atoms with Crippen LogP contribution in [0.5, 0.6) is 0 Å². The fourth-order valence-corrected chi connectivity index (χ4v) is 5.16. The largest absolute Gasteiger partial charge is 0.347 e. The molecule has 3 aromatic heterocycles. The zero-order valence-corrected chi connectivity index (χ0v) is 19.1. The van der Waals surface area contributed by atoms with Crippen LogP contribution in [-0.2, 0) is 20.8 Å². The third kappa shape index (κ3) is 4.50. The Morgan fingerprint density at radius 3 is 2.82 bits per heavy atom. The van der Waals surface area contributed by atoms with Crippen molar-refractivity contribution in [1.82, 2.24) is 19.9 Å². The summed E-state index contributed by atoms with van der Waals surface area (Å²) >= 11 is 3.06. The number of amides is 3. The van der Waals surface area contributed by atoms with Crippen molar-refractivity contribution in [3.05, 3.63) is 52.9 Å². The Morgan fingerprint density at radius 1 is 1.12 bits per heavy atom. The lowest BCUT2D eigenvalue weighted by atomic mass is 10.2. The zero-order valence-electron chi connectivity index (χ0n) is 17.5. The van der Waals surface area contributed by atoms with Gasteiger partial charge in [0.15, 0.2) is 5.82 Å². The summed E-state index contributed by atoms with van der Waals surface area (Å²) in [4.78, 5) is 44.5. The minimum Gasteiger partial charge on any atom is -0.347 e. The average Bonchev–Trinajstić information content (AvgIpc) is 3.59. The van der Waals surface area contributed by atoms with E-state index < -0.39 is 11.8 Å². The van der Waals surface area contributed by atoms with Gasteiger partial charge in [-0.05, 0) is 36.1 Å².